The molecular weight excluding hydrogens is 424 g/mol. The lowest BCUT2D eigenvalue weighted by molar-refractivity contribution is -0.117. The average Bonchev–Trinajstić information content (AvgIpc) is 3.29. The number of amides is 1. The molecule has 1 N–H and O–H groups in total. The maximum Gasteiger partial charge on any atom is 0.339 e. The number of carbonyl (C=O) groups is 4. The van der Waals surface area contributed by atoms with Gasteiger partial charge in [-0.25, -0.2) is 9.59 Å². The number of anilines is 1. The summed E-state index contributed by atoms with van der Waals surface area (Å²) in [6.07, 6.45) is 0.0407. The largest absolute Gasteiger partial charge is 0.465 e. The molecular formula is C22H23ClN2O6. The van der Waals surface area contributed by atoms with Gasteiger partial charge in [-0.3, -0.25) is 9.59 Å². The first-order chi connectivity index (χ1) is 14.6. The summed E-state index contributed by atoms with van der Waals surface area (Å²) in [7, 11) is 1.26. The fourth-order valence-corrected chi connectivity index (χ4v) is 3.86. The van der Waals surface area contributed by atoms with Crippen molar-refractivity contribution in [2.24, 2.45) is 0 Å². The molecule has 1 fully saturated rings. The van der Waals surface area contributed by atoms with Crippen molar-refractivity contribution in [3.05, 3.63) is 51.3 Å². The summed E-state index contributed by atoms with van der Waals surface area (Å²) in [5, 5.41) is 0.351. The molecule has 1 aromatic heterocycles. The first-order valence-corrected chi connectivity index (χ1v) is 10.2. The summed E-state index contributed by atoms with van der Waals surface area (Å²) >= 11 is 6.21. The summed E-state index contributed by atoms with van der Waals surface area (Å²) in [4.78, 5) is 53.9. The number of carbonyl (C=O) groups excluding carboxylic acids is 4. The minimum Gasteiger partial charge on any atom is -0.465 e. The molecule has 0 spiro atoms. The lowest BCUT2D eigenvalue weighted by Crippen LogP contribution is -2.26. The quantitative estimate of drug-likeness (QED) is 0.536. The number of aryl methyl sites for hydroxylation is 1. The average molecular weight is 447 g/mol. The Labute approximate surface area is 184 Å². The first kappa shape index (κ1) is 22.6. The third-order valence-corrected chi connectivity index (χ3v) is 5.59. The summed E-state index contributed by atoms with van der Waals surface area (Å²) < 4.78 is 10.1. The molecule has 2 aromatic rings. The predicted octanol–water partition coefficient (Wildman–Crippen LogP) is 3.63. The molecule has 0 saturated carbocycles. The number of methoxy groups -OCH3 is 1. The normalized spacial score (nSPS) is 14.5. The Kier molecular flexibility index (Phi) is 6.50. The SMILES string of the molecule is COC(=O)c1c(C)[nH]c(C(=O)C(C)OC(=O)c2ccc(Cl)c(N3CCCC3=O)c2)c1C. The van der Waals surface area contributed by atoms with Crippen molar-refractivity contribution >= 4 is 40.9 Å². The van der Waals surface area contributed by atoms with Crippen LogP contribution < -0.4 is 4.90 Å². The number of nitrogens with zero attached hydrogens (tertiary/aromatic N) is 1. The van der Waals surface area contributed by atoms with Gasteiger partial charge in [0.05, 0.1) is 34.6 Å². The third kappa shape index (κ3) is 4.34. The maximum absolute atomic E-state index is 12.8. The highest BCUT2D eigenvalue weighted by molar-refractivity contribution is 6.34. The van der Waals surface area contributed by atoms with Crippen LogP contribution in [0.25, 0.3) is 0 Å². The van der Waals surface area contributed by atoms with Crippen LogP contribution in [-0.2, 0) is 14.3 Å². The van der Waals surface area contributed by atoms with Crippen molar-refractivity contribution < 1.29 is 28.7 Å². The molecule has 1 aliphatic heterocycles. The highest BCUT2D eigenvalue weighted by atomic mass is 35.5. The second-order valence-electron chi connectivity index (χ2n) is 7.34. The molecule has 31 heavy (non-hydrogen) atoms. The van der Waals surface area contributed by atoms with E-state index in [1.165, 1.54) is 37.1 Å². The second-order valence-corrected chi connectivity index (χ2v) is 7.75. The summed E-state index contributed by atoms with van der Waals surface area (Å²) in [5.74, 6) is -1.82. The first-order valence-electron chi connectivity index (χ1n) is 9.78. The van der Waals surface area contributed by atoms with E-state index < -0.39 is 23.8 Å². The highest BCUT2D eigenvalue weighted by Gasteiger charge is 2.29. The van der Waals surface area contributed by atoms with Crippen molar-refractivity contribution in [3.8, 4) is 0 Å². The summed E-state index contributed by atoms with van der Waals surface area (Å²) in [6.45, 7) is 5.26. The lowest BCUT2D eigenvalue weighted by atomic mass is 10.1. The monoisotopic (exact) mass is 446 g/mol. The van der Waals surface area contributed by atoms with E-state index in [0.29, 0.717) is 34.9 Å². The van der Waals surface area contributed by atoms with Gasteiger partial charge >= 0.3 is 11.9 Å². The number of hydrogen-bond donors (Lipinski definition) is 1. The molecule has 2 heterocycles. The number of halogens is 1. The van der Waals surface area contributed by atoms with Gasteiger partial charge in [0.15, 0.2) is 6.10 Å². The molecule has 1 saturated heterocycles. The van der Waals surface area contributed by atoms with E-state index >= 15 is 0 Å². The minimum atomic E-state index is -1.11. The fraction of sp³-hybridized carbons (Fsp3) is 0.364. The maximum atomic E-state index is 12.8. The van der Waals surface area contributed by atoms with Crippen LogP contribution in [-0.4, -0.2) is 48.4 Å². The van der Waals surface area contributed by atoms with Crippen LogP contribution in [0.2, 0.25) is 5.02 Å². The van der Waals surface area contributed by atoms with Gasteiger partial charge in [0, 0.05) is 18.7 Å². The molecule has 9 heteroatoms. The van der Waals surface area contributed by atoms with Crippen molar-refractivity contribution in [2.45, 2.75) is 39.7 Å². The van der Waals surface area contributed by atoms with Gasteiger partial charge in [0.2, 0.25) is 11.7 Å². The predicted molar refractivity (Wildman–Crippen MR) is 114 cm³/mol. The van der Waals surface area contributed by atoms with E-state index in [4.69, 9.17) is 21.1 Å². The number of Topliss-reactive ketones (excluding diaryl/α,β-unsaturated/α-hetero) is 1. The molecule has 1 amide bonds. The Balaban J connectivity index is 1.79. The topological polar surface area (TPSA) is 106 Å². The Bertz CT molecular complexity index is 1070. The molecule has 164 valence electrons. The van der Waals surface area contributed by atoms with Gasteiger partial charge in [0.25, 0.3) is 0 Å². The van der Waals surface area contributed by atoms with Crippen LogP contribution >= 0.6 is 11.6 Å². The number of benzene rings is 1. The van der Waals surface area contributed by atoms with E-state index in [2.05, 4.69) is 4.98 Å². The number of rotatable bonds is 6. The van der Waals surface area contributed by atoms with E-state index in [-0.39, 0.29) is 22.7 Å². The molecule has 0 radical (unpaired) electrons. The van der Waals surface area contributed by atoms with Crippen LogP contribution in [0.5, 0.6) is 0 Å². The number of aromatic nitrogens is 1. The van der Waals surface area contributed by atoms with Gasteiger partial charge in [-0.15, -0.1) is 0 Å². The third-order valence-electron chi connectivity index (χ3n) is 5.27. The molecule has 0 aliphatic carbocycles. The summed E-state index contributed by atoms with van der Waals surface area (Å²) in [5.41, 5.74) is 1.99. The van der Waals surface area contributed by atoms with Gasteiger partial charge in [-0.05, 0) is 51.0 Å². The Hall–Kier alpha value is -3.13. The van der Waals surface area contributed by atoms with E-state index in [0.717, 1.165) is 6.42 Å². The van der Waals surface area contributed by atoms with Crippen molar-refractivity contribution in [1.29, 1.82) is 0 Å². The molecule has 1 atom stereocenters. The molecule has 1 aromatic carbocycles. The van der Waals surface area contributed by atoms with Crippen LogP contribution in [0.4, 0.5) is 5.69 Å². The Morgan fingerprint density at radius 3 is 2.52 bits per heavy atom. The molecule has 1 unspecified atom stereocenters. The van der Waals surface area contributed by atoms with Crippen molar-refractivity contribution in [3.63, 3.8) is 0 Å². The van der Waals surface area contributed by atoms with Crippen LogP contribution in [0.15, 0.2) is 18.2 Å². The fourth-order valence-electron chi connectivity index (χ4n) is 3.64. The Morgan fingerprint density at radius 2 is 1.90 bits per heavy atom. The van der Waals surface area contributed by atoms with Gasteiger partial charge in [0.1, 0.15) is 0 Å². The van der Waals surface area contributed by atoms with E-state index in [9.17, 15) is 19.2 Å². The van der Waals surface area contributed by atoms with Crippen LogP contribution in [0, 0.1) is 13.8 Å². The second kappa shape index (κ2) is 8.93. The van der Waals surface area contributed by atoms with Gasteiger partial charge in [-0.2, -0.15) is 0 Å². The van der Waals surface area contributed by atoms with Gasteiger partial charge < -0.3 is 19.4 Å². The highest BCUT2D eigenvalue weighted by Crippen LogP contribution is 2.31. The number of aromatic amines is 1. The number of esters is 2. The molecule has 1 aliphatic rings. The van der Waals surface area contributed by atoms with Crippen molar-refractivity contribution in [2.75, 3.05) is 18.6 Å². The Morgan fingerprint density at radius 1 is 1.19 bits per heavy atom. The minimum absolute atomic E-state index is 0.0602. The zero-order valence-corrected chi connectivity index (χ0v) is 18.5. The van der Waals surface area contributed by atoms with E-state index in [1.807, 2.05) is 0 Å². The number of H-pyrrole nitrogens is 1. The van der Waals surface area contributed by atoms with Gasteiger partial charge in [-0.1, -0.05) is 11.6 Å². The molecule has 3 rings (SSSR count). The zero-order valence-electron chi connectivity index (χ0n) is 17.7. The number of ketones is 1. The smallest absolute Gasteiger partial charge is 0.339 e. The molecule has 0 bridgehead atoms. The number of nitrogens with one attached hydrogen (secondary N) is 1. The summed E-state index contributed by atoms with van der Waals surface area (Å²) in [6, 6.07) is 4.49. The van der Waals surface area contributed by atoms with E-state index in [1.54, 1.807) is 13.8 Å². The zero-order chi connectivity index (χ0) is 22.9. The number of hydrogen-bond acceptors (Lipinski definition) is 6. The van der Waals surface area contributed by atoms with Crippen LogP contribution in [0.3, 0.4) is 0 Å². The van der Waals surface area contributed by atoms with Crippen molar-refractivity contribution in [1.82, 2.24) is 4.98 Å². The lowest BCUT2D eigenvalue weighted by Gasteiger charge is -2.18. The number of ether oxygens (including phenoxy) is 2. The standard InChI is InChI=1S/C22H23ClN2O6/c1-11-18(22(29)30-4)12(2)24-19(11)20(27)13(3)31-21(28)14-7-8-15(23)16(10-14)25-9-5-6-17(25)26/h7-8,10,13,24H,5-6,9H2,1-4H3. The van der Waals surface area contributed by atoms with Crippen LogP contribution in [0.1, 0.15) is 62.2 Å². The molecule has 8 nitrogen and oxygen atoms in total.